The minimum Gasteiger partial charge on any atom is -0.480 e. The number of para-hydroxylation sites is 1. The van der Waals surface area contributed by atoms with Gasteiger partial charge in [0.25, 0.3) is 0 Å². The second-order valence-corrected chi connectivity index (χ2v) is 7.01. The molecule has 6 nitrogen and oxygen atoms in total. The lowest BCUT2D eigenvalue weighted by molar-refractivity contribution is 0.184. The van der Waals surface area contributed by atoms with E-state index in [1.54, 1.807) is 24.1 Å². The Balaban J connectivity index is 1.72. The molecule has 1 fully saturated rings. The number of anilines is 2. The molecule has 0 bridgehead atoms. The number of amides is 2. The second-order valence-electron chi connectivity index (χ2n) is 7.01. The molecule has 2 heterocycles. The van der Waals surface area contributed by atoms with E-state index in [0.717, 1.165) is 17.7 Å². The van der Waals surface area contributed by atoms with Crippen molar-refractivity contribution in [3.63, 3.8) is 0 Å². The van der Waals surface area contributed by atoms with Crippen molar-refractivity contribution in [2.75, 3.05) is 37.0 Å². The molecule has 0 radical (unpaired) electrons. The molecule has 28 heavy (non-hydrogen) atoms. The minimum absolute atomic E-state index is 0.0663. The Kier molecular flexibility index (Phi) is 6.02. The van der Waals surface area contributed by atoms with E-state index in [4.69, 9.17) is 4.74 Å². The maximum absolute atomic E-state index is 14.1. The maximum atomic E-state index is 14.1. The highest BCUT2D eigenvalue weighted by Crippen LogP contribution is 2.27. The predicted molar refractivity (Wildman–Crippen MR) is 109 cm³/mol. The van der Waals surface area contributed by atoms with Crippen molar-refractivity contribution in [1.29, 1.82) is 0 Å². The molecule has 150 valence electrons. The van der Waals surface area contributed by atoms with Crippen LogP contribution in [0.5, 0.6) is 5.88 Å². The van der Waals surface area contributed by atoms with Crippen LogP contribution in [0.15, 0.2) is 30.3 Å². The van der Waals surface area contributed by atoms with Crippen molar-refractivity contribution < 1.29 is 13.9 Å². The van der Waals surface area contributed by atoms with Crippen LogP contribution in [0.2, 0.25) is 0 Å². The molecule has 1 aromatic carbocycles. The summed E-state index contributed by atoms with van der Waals surface area (Å²) in [6.07, 6.45) is 0.823. The van der Waals surface area contributed by atoms with Crippen LogP contribution >= 0.6 is 0 Å². The number of aryl methyl sites for hydroxylation is 2. The Bertz CT molecular complexity index is 858. The number of urea groups is 1. The molecule has 1 N–H and O–H groups in total. The van der Waals surface area contributed by atoms with Gasteiger partial charge in [0.15, 0.2) is 0 Å². The van der Waals surface area contributed by atoms with Gasteiger partial charge < -0.3 is 19.9 Å². The summed E-state index contributed by atoms with van der Waals surface area (Å²) in [4.78, 5) is 21.1. The highest BCUT2D eigenvalue weighted by atomic mass is 19.1. The van der Waals surface area contributed by atoms with Gasteiger partial charge in [0, 0.05) is 31.4 Å². The molecular weight excluding hydrogens is 359 g/mol. The predicted octanol–water partition coefficient (Wildman–Crippen LogP) is 3.84. The van der Waals surface area contributed by atoms with Crippen LogP contribution in [0.3, 0.4) is 0 Å². The first kappa shape index (κ1) is 19.9. The van der Waals surface area contributed by atoms with Crippen LogP contribution in [0, 0.1) is 12.7 Å². The van der Waals surface area contributed by atoms with Gasteiger partial charge in [-0.1, -0.05) is 19.1 Å². The lowest BCUT2D eigenvalue weighted by Gasteiger charge is -2.41. The van der Waals surface area contributed by atoms with Crippen LogP contribution in [-0.4, -0.2) is 48.7 Å². The van der Waals surface area contributed by atoms with Crippen LogP contribution in [-0.2, 0) is 6.42 Å². The lowest BCUT2D eigenvalue weighted by atomic mass is 10.1. The minimum atomic E-state index is -0.241. The lowest BCUT2D eigenvalue weighted by Crippen LogP contribution is -2.55. The number of carbonyl (C=O) groups is 1. The van der Waals surface area contributed by atoms with E-state index in [1.165, 1.54) is 6.07 Å². The molecule has 7 heteroatoms. The zero-order valence-electron chi connectivity index (χ0n) is 16.8. The van der Waals surface area contributed by atoms with Gasteiger partial charge >= 0.3 is 6.03 Å². The first-order valence-corrected chi connectivity index (χ1v) is 9.56. The van der Waals surface area contributed by atoms with E-state index in [9.17, 15) is 9.18 Å². The largest absolute Gasteiger partial charge is 0.480 e. The number of nitrogens with zero attached hydrogens (tertiary/aromatic N) is 3. The fourth-order valence-electron chi connectivity index (χ4n) is 3.60. The summed E-state index contributed by atoms with van der Waals surface area (Å²) in [5.41, 5.74) is 3.10. The van der Waals surface area contributed by atoms with E-state index < -0.39 is 0 Å². The number of halogens is 1. The number of nitrogens with one attached hydrogen (secondary N) is 1. The fraction of sp³-hybridized carbons (Fsp3) is 0.429. The standard InChI is InChI=1S/C21H27FN4O2/c1-5-16-12-18(20(28-4)23-15(16)3)24-21(27)26-11-10-25(13-14(26)2)19-9-7-6-8-17(19)22/h6-9,12,14H,5,10-11,13H2,1-4H3,(H,24,27). The van der Waals surface area contributed by atoms with Gasteiger partial charge in [0.1, 0.15) is 11.5 Å². The van der Waals surface area contributed by atoms with Gasteiger partial charge in [-0.15, -0.1) is 0 Å². The molecule has 2 aromatic rings. The van der Waals surface area contributed by atoms with Crippen LogP contribution < -0.4 is 15.0 Å². The summed E-state index contributed by atoms with van der Waals surface area (Å²) in [5, 5.41) is 2.94. The van der Waals surface area contributed by atoms with Gasteiger partial charge in [-0.3, -0.25) is 0 Å². The monoisotopic (exact) mass is 386 g/mol. The van der Waals surface area contributed by atoms with Crippen molar-refractivity contribution in [3.8, 4) is 5.88 Å². The fourth-order valence-corrected chi connectivity index (χ4v) is 3.60. The van der Waals surface area contributed by atoms with E-state index in [-0.39, 0.29) is 17.9 Å². The Morgan fingerprint density at radius 3 is 2.75 bits per heavy atom. The van der Waals surface area contributed by atoms with Crippen molar-refractivity contribution in [3.05, 3.63) is 47.4 Å². The summed E-state index contributed by atoms with van der Waals surface area (Å²) in [6.45, 7) is 7.58. The number of carbonyl (C=O) groups excluding carboxylic acids is 1. The number of methoxy groups -OCH3 is 1. The van der Waals surface area contributed by atoms with E-state index in [1.807, 2.05) is 37.8 Å². The molecule has 1 aliphatic rings. The van der Waals surface area contributed by atoms with Crippen molar-refractivity contribution in [2.45, 2.75) is 33.2 Å². The smallest absolute Gasteiger partial charge is 0.322 e. The number of benzene rings is 1. The third-order valence-corrected chi connectivity index (χ3v) is 5.18. The van der Waals surface area contributed by atoms with Crippen molar-refractivity contribution in [2.24, 2.45) is 0 Å². The normalized spacial score (nSPS) is 16.8. The molecule has 1 atom stereocenters. The molecule has 3 rings (SSSR count). The average Bonchev–Trinajstić information content (AvgIpc) is 2.69. The first-order chi connectivity index (χ1) is 13.4. The first-order valence-electron chi connectivity index (χ1n) is 9.56. The Morgan fingerprint density at radius 1 is 1.36 bits per heavy atom. The molecule has 2 amide bonds. The van der Waals surface area contributed by atoms with Gasteiger partial charge in [-0.2, -0.15) is 0 Å². The number of ether oxygens (including phenoxy) is 1. The summed E-state index contributed by atoms with van der Waals surface area (Å²) in [7, 11) is 1.54. The summed E-state index contributed by atoms with van der Waals surface area (Å²) < 4.78 is 19.4. The molecular formula is C21H27FN4O2. The maximum Gasteiger partial charge on any atom is 0.322 e. The van der Waals surface area contributed by atoms with Crippen LogP contribution in [0.25, 0.3) is 0 Å². The van der Waals surface area contributed by atoms with Gasteiger partial charge in [0.05, 0.1) is 12.8 Å². The van der Waals surface area contributed by atoms with Crippen molar-refractivity contribution in [1.82, 2.24) is 9.88 Å². The van der Waals surface area contributed by atoms with Crippen molar-refractivity contribution >= 4 is 17.4 Å². The van der Waals surface area contributed by atoms with Crippen LogP contribution in [0.1, 0.15) is 25.1 Å². The summed E-state index contributed by atoms with van der Waals surface area (Å²) in [5.74, 6) is 0.163. The molecule has 1 unspecified atom stereocenters. The van der Waals surface area contributed by atoms with E-state index in [2.05, 4.69) is 10.3 Å². The van der Waals surface area contributed by atoms with E-state index in [0.29, 0.717) is 36.9 Å². The third-order valence-electron chi connectivity index (χ3n) is 5.18. The molecule has 1 saturated heterocycles. The van der Waals surface area contributed by atoms with Gasteiger partial charge in [-0.05, 0) is 44.0 Å². The number of pyridine rings is 1. The number of hydrogen-bond acceptors (Lipinski definition) is 4. The molecule has 0 aliphatic carbocycles. The highest BCUT2D eigenvalue weighted by molar-refractivity contribution is 5.91. The number of hydrogen-bond donors (Lipinski definition) is 1. The third kappa shape index (κ3) is 4.03. The number of rotatable bonds is 4. The Morgan fingerprint density at radius 2 is 2.11 bits per heavy atom. The number of piperazine rings is 1. The highest BCUT2D eigenvalue weighted by Gasteiger charge is 2.29. The Labute approximate surface area is 165 Å². The molecule has 0 spiro atoms. The van der Waals surface area contributed by atoms with E-state index >= 15 is 0 Å². The zero-order chi connectivity index (χ0) is 20.3. The van der Waals surface area contributed by atoms with Gasteiger partial charge in [0.2, 0.25) is 5.88 Å². The molecule has 1 aromatic heterocycles. The quantitative estimate of drug-likeness (QED) is 0.867. The second kappa shape index (κ2) is 8.46. The zero-order valence-corrected chi connectivity index (χ0v) is 16.8. The van der Waals surface area contributed by atoms with Crippen LogP contribution in [0.4, 0.5) is 20.6 Å². The Hall–Kier alpha value is -2.83. The topological polar surface area (TPSA) is 57.7 Å². The summed E-state index contributed by atoms with van der Waals surface area (Å²) >= 11 is 0. The average molecular weight is 386 g/mol. The summed E-state index contributed by atoms with van der Waals surface area (Å²) in [6, 6.07) is 8.38. The molecule has 1 aliphatic heterocycles. The van der Waals surface area contributed by atoms with Gasteiger partial charge in [-0.25, -0.2) is 14.2 Å². The number of aromatic nitrogens is 1. The molecule has 0 saturated carbocycles. The SMILES string of the molecule is CCc1cc(NC(=O)N2CCN(c3ccccc3F)CC2C)c(OC)nc1C.